The van der Waals surface area contributed by atoms with Crippen LogP contribution in [0, 0.1) is 13.8 Å². The lowest BCUT2D eigenvalue weighted by atomic mass is 9.94. The average Bonchev–Trinajstić information content (AvgIpc) is 2.86. The van der Waals surface area contributed by atoms with Gasteiger partial charge in [0, 0.05) is 7.05 Å². The Morgan fingerprint density at radius 2 is 1.63 bits per heavy atom. The molecule has 35 heavy (non-hydrogen) atoms. The minimum absolute atomic E-state index is 0.0279. The maximum Gasteiger partial charge on any atom is 0.266 e. The van der Waals surface area contributed by atoms with Crippen LogP contribution in [0.1, 0.15) is 61.2 Å². The van der Waals surface area contributed by atoms with Crippen LogP contribution in [0.5, 0.6) is 0 Å². The summed E-state index contributed by atoms with van der Waals surface area (Å²) < 4.78 is 1.71. The molecule has 1 amide bonds. The molecule has 0 saturated heterocycles. The van der Waals surface area contributed by atoms with E-state index < -0.39 is 0 Å². The Labute approximate surface area is 207 Å². The first kappa shape index (κ1) is 24.4. The first-order valence-electron chi connectivity index (χ1n) is 12.3. The lowest BCUT2D eigenvalue weighted by molar-refractivity contribution is -0.134. The molecule has 5 nitrogen and oxygen atoms in total. The highest BCUT2D eigenvalue weighted by molar-refractivity contribution is 5.84. The molecule has 180 valence electrons. The molecular weight excluding hydrogens is 434 g/mol. The van der Waals surface area contributed by atoms with Gasteiger partial charge in [0.15, 0.2) is 0 Å². The van der Waals surface area contributed by atoms with Gasteiger partial charge in [0.05, 0.1) is 28.6 Å². The van der Waals surface area contributed by atoms with Gasteiger partial charge in [0.1, 0.15) is 5.82 Å². The highest BCUT2D eigenvalue weighted by Crippen LogP contribution is 2.30. The maximum atomic E-state index is 13.8. The molecule has 4 rings (SSSR count). The van der Waals surface area contributed by atoms with E-state index in [0.717, 1.165) is 22.4 Å². The highest BCUT2D eigenvalue weighted by atomic mass is 16.2. The van der Waals surface area contributed by atoms with Crippen LogP contribution in [0.3, 0.4) is 0 Å². The Hall–Kier alpha value is -3.73. The van der Waals surface area contributed by atoms with Crippen molar-refractivity contribution in [1.82, 2.24) is 14.5 Å². The maximum absolute atomic E-state index is 13.8. The van der Waals surface area contributed by atoms with Crippen molar-refractivity contribution in [2.75, 3.05) is 7.05 Å². The molecule has 1 heterocycles. The standard InChI is InChI=1S/C30H33N3O2/c1-6-23(22-13-9-8-10-14-22)29(34)32(5)26(7-2)28-31-25-16-12-11-15-24(25)30(35)33(28)27-18-17-20(3)19-21(27)4/h8-19,23,26H,6-7H2,1-5H3. The predicted molar refractivity (Wildman–Crippen MR) is 142 cm³/mol. The van der Waals surface area contributed by atoms with Crippen LogP contribution in [-0.2, 0) is 4.79 Å². The molecule has 2 unspecified atom stereocenters. The largest absolute Gasteiger partial charge is 0.335 e. The van der Waals surface area contributed by atoms with Gasteiger partial charge in [-0.25, -0.2) is 4.98 Å². The van der Waals surface area contributed by atoms with E-state index in [9.17, 15) is 9.59 Å². The lowest BCUT2D eigenvalue weighted by Gasteiger charge is -2.32. The fourth-order valence-corrected chi connectivity index (χ4v) is 4.93. The Morgan fingerprint density at radius 3 is 2.29 bits per heavy atom. The van der Waals surface area contributed by atoms with Gasteiger partial charge in [-0.1, -0.05) is 74.0 Å². The van der Waals surface area contributed by atoms with Gasteiger partial charge in [-0.3, -0.25) is 14.2 Å². The van der Waals surface area contributed by atoms with Gasteiger partial charge in [-0.05, 0) is 56.0 Å². The van der Waals surface area contributed by atoms with Crippen LogP contribution in [0.15, 0.2) is 77.6 Å². The number of aryl methyl sites for hydroxylation is 2. The van der Waals surface area contributed by atoms with Crippen LogP contribution in [0.4, 0.5) is 0 Å². The van der Waals surface area contributed by atoms with Crippen LogP contribution >= 0.6 is 0 Å². The second kappa shape index (κ2) is 10.3. The predicted octanol–water partition coefficient (Wildman–Crippen LogP) is 6.11. The Balaban J connectivity index is 1.89. The molecule has 0 aliphatic rings. The number of likely N-dealkylation sites (N-methyl/N-ethyl adjacent to an activating group) is 1. The van der Waals surface area contributed by atoms with Gasteiger partial charge in [0.2, 0.25) is 5.91 Å². The summed E-state index contributed by atoms with van der Waals surface area (Å²) in [5.74, 6) is 0.360. The quantitative estimate of drug-likeness (QED) is 0.330. The van der Waals surface area contributed by atoms with E-state index >= 15 is 0 Å². The van der Waals surface area contributed by atoms with Crippen molar-refractivity contribution in [2.24, 2.45) is 0 Å². The number of fused-ring (bicyclic) bond motifs is 1. The van der Waals surface area contributed by atoms with E-state index in [-0.39, 0.29) is 23.4 Å². The summed E-state index contributed by atoms with van der Waals surface area (Å²) in [5.41, 5.74) is 4.44. The summed E-state index contributed by atoms with van der Waals surface area (Å²) in [6.45, 7) is 8.11. The summed E-state index contributed by atoms with van der Waals surface area (Å²) in [4.78, 5) is 34.4. The second-order valence-corrected chi connectivity index (χ2v) is 9.16. The third kappa shape index (κ3) is 4.63. The van der Waals surface area contributed by atoms with E-state index in [1.54, 1.807) is 9.47 Å². The van der Waals surface area contributed by atoms with Crippen molar-refractivity contribution >= 4 is 16.8 Å². The topological polar surface area (TPSA) is 55.2 Å². The number of benzene rings is 3. The molecule has 1 aromatic heterocycles. The molecule has 0 fully saturated rings. The number of hydrogen-bond donors (Lipinski definition) is 0. The number of carbonyl (C=O) groups is 1. The fraction of sp³-hybridized carbons (Fsp3) is 0.300. The summed E-state index contributed by atoms with van der Waals surface area (Å²) in [7, 11) is 1.83. The monoisotopic (exact) mass is 467 g/mol. The van der Waals surface area contributed by atoms with Crippen molar-refractivity contribution < 1.29 is 4.79 Å². The van der Waals surface area contributed by atoms with Gasteiger partial charge in [0.25, 0.3) is 5.56 Å². The number of aromatic nitrogens is 2. The molecule has 0 N–H and O–H groups in total. The van der Waals surface area contributed by atoms with Gasteiger partial charge in [-0.15, -0.1) is 0 Å². The third-order valence-electron chi connectivity index (χ3n) is 6.80. The van der Waals surface area contributed by atoms with E-state index in [1.807, 2.05) is 101 Å². The summed E-state index contributed by atoms with van der Waals surface area (Å²) >= 11 is 0. The van der Waals surface area contributed by atoms with Crippen LogP contribution < -0.4 is 5.56 Å². The van der Waals surface area contributed by atoms with Crippen LogP contribution in [0.25, 0.3) is 16.6 Å². The van der Waals surface area contributed by atoms with Crippen LogP contribution in [0.2, 0.25) is 0 Å². The number of nitrogens with zero attached hydrogens (tertiary/aromatic N) is 3. The SMILES string of the molecule is CCC(C(=O)N(C)C(CC)c1nc2ccccc2c(=O)n1-c1ccc(C)cc1C)c1ccccc1. The number of para-hydroxylation sites is 1. The van der Waals surface area contributed by atoms with Crippen molar-refractivity contribution in [3.8, 4) is 5.69 Å². The van der Waals surface area contributed by atoms with Crippen molar-refractivity contribution in [2.45, 2.75) is 52.5 Å². The van der Waals surface area contributed by atoms with E-state index in [0.29, 0.717) is 29.6 Å². The fourth-order valence-electron chi connectivity index (χ4n) is 4.93. The Bertz CT molecular complexity index is 1410. The normalized spacial score (nSPS) is 12.9. The first-order chi connectivity index (χ1) is 16.9. The zero-order valence-corrected chi connectivity index (χ0v) is 21.2. The van der Waals surface area contributed by atoms with Gasteiger partial charge >= 0.3 is 0 Å². The minimum atomic E-state index is -0.363. The Morgan fingerprint density at radius 1 is 0.943 bits per heavy atom. The molecule has 0 spiro atoms. The molecule has 0 aliphatic carbocycles. The molecule has 3 aromatic carbocycles. The van der Waals surface area contributed by atoms with Crippen LogP contribution in [-0.4, -0.2) is 27.4 Å². The van der Waals surface area contributed by atoms with E-state index in [2.05, 4.69) is 6.07 Å². The minimum Gasteiger partial charge on any atom is -0.335 e. The molecule has 2 atom stereocenters. The molecule has 0 aliphatic heterocycles. The molecule has 5 heteroatoms. The highest BCUT2D eigenvalue weighted by Gasteiger charge is 2.30. The second-order valence-electron chi connectivity index (χ2n) is 9.16. The van der Waals surface area contributed by atoms with E-state index in [1.165, 1.54) is 0 Å². The molecule has 0 bridgehead atoms. The van der Waals surface area contributed by atoms with Gasteiger partial charge < -0.3 is 4.90 Å². The summed E-state index contributed by atoms with van der Waals surface area (Å²) in [6, 6.07) is 23.0. The smallest absolute Gasteiger partial charge is 0.266 e. The van der Waals surface area contributed by atoms with Crippen molar-refractivity contribution in [3.05, 3.63) is 106 Å². The number of rotatable bonds is 7. The summed E-state index contributed by atoms with van der Waals surface area (Å²) in [5, 5.41) is 0.566. The third-order valence-corrected chi connectivity index (χ3v) is 6.80. The number of carbonyl (C=O) groups excluding carboxylic acids is 1. The van der Waals surface area contributed by atoms with E-state index in [4.69, 9.17) is 4.98 Å². The first-order valence-corrected chi connectivity index (χ1v) is 12.3. The van der Waals surface area contributed by atoms with Crippen molar-refractivity contribution in [3.63, 3.8) is 0 Å². The zero-order valence-electron chi connectivity index (χ0n) is 21.2. The number of amides is 1. The number of hydrogen-bond acceptors (Lipinski definition) is 3. The molecular formula is C30H33N3O2. The molecule has 4 aromatic rings. The lowest BCUT2D eigenvalue weighted by Crippen LogP contribution is -2.38. The van der Waals surface area contributed by atoms with Gasteiger partial charge in [-0.2, -0.15) is 0 Å². The summed E-state index contributed by atoms with van der Waals surface area (Å²) in [6.07, 6.45) is 1.32. The average molecular weight is 468 g/mol. The Kier molecular flexibility index (Phi) is 7.15. The molecule has 0 saturated carbocycles. The van der Waals surface area contributed by atoms with Crippen molar-refractivity contribution in [1.29, 1.82) is 0 Å². The molecule has 0 radical (unpaired) electrons. The zero-order chi connectivity index (χ0) is 25.1.